The molecule has 2 aliphatic rings. The van der Waals surface area contributed by atoms with Crippen molar-refractivity contribution in [2.45, 2.75) is 31.6 Å². The Labute approximate surface area is 180 Å². The van der Waals surface area contributed by atoms with Crippen LogP contribution in [0.4, 0.5) is 35.3 Å². The van der Waals surface area contributed by atoms with E-state index in [9.17, 15) is 22.8 Å². The number of hydrogen-bond acceptors (Lipinski definition) is 6. The molecule has 3 amide bonds. The maximum atomic E-state index is 13.1. The van der Waals surface area contributed by atoms with Gasteiger partial charge in [-0.25, -0.2) is 14.8 Å². The van der Waals surface area contributed by atoms with Gasteiger partial charge < -0.3 is 10.2 Å². The maximum absolute atomic E-state index is 13.1. The van der Waals surface area contributed by atoms with E-state index in [0.717, 1.165) is 6.92 Å². The first-order chi connectivity index (χ1) is 15.2. The molecule has 32 heavy (non-hydrogen) atoms. The summed E-state index contributed by atoms with van der Waals surface area (Å²) >= 11 is 0. The molecule has 2 N–H and O–H groups in total. The monoisotopic (exact) mass is 445 g/mol. The van der Waals surface area contributed by atoms with Crippen molar-refractivity contribution < 1.29 is 22.8 Å². The van der Waals surface area contributed by atoms with Crippen molar-refractivity contribution in [2.24, 2.45) is 0 Å². The van der Waals surface area contributed by atoms with Gasteiger partial charge in [-0.15, -0.1) is 0 Å². The van der Waals surface area contributed by atoms with Crippen LogP contribution in [0.1, 0.15) is 29.4 Å². The van der Waals surface area contributed by atoms with E-state index >= 15 is 0 Å². The lowest BCUT2D eigenvalue weighted by molar-refractivity contribution is -0.149. The highest BCUT2D eigenvalue weighted by Crippen LogP contribution is 2.39. The van der Waals surface area contributed by atoms with Crippen molar-refractivity contribution in [3.63, 3.8) is 0 Å². The molecular weight excluding hydrogens is 427 g/mol. The smallest absolute Gasteiger partial charge is 0.366 e. The molecule has 9 nitrogen and oxygen atoms in total. The zero-order chi connectivity index (χ0) is 23.0. The van der Waals surface area contributed by atoms with Crippen molar-refractivity contribution in [2.75, 3.05) is 28.2 Å². The third kappa shape index (κ3) is 4.01. The zero-order valence-electron chi connectivity index (χ0n) is 16.8. The fraction of sp³-hybridized carbons (Fsp3) is 0.350. The third-order valence-electron chi connectivity index (χ3n) is 5.37. The molecule has 0 aliphatic carbocycles. The molecule has 4 rings (SSSR count). The van der Waals surface area contributed by atoms with Gasteiger partial charge in [-0.05, 0) is 37.6 Å². The third-order valence-corrected chi connectivity index (χ3v) is 5.37. The SMILES string of the molecule is CC(NC(=O)c1ccc2c(n1)N(C(=O)Nc1cc(C#N)ccn1)[C@H]1CCN2C1)C(F)(F)F. The van der Waals surface area contributed by atoms with Gasteiger partial charge in [0.15, 0.2) is 5.82 Å². The van der Waals surface area contributed by atoms with Crippen LogP contribution in [0.3, 0.4) is 0 Å². The Kier molecular flexibility index (Phi) is 5.33. The molecule has 1 saturated heterocycles. The molecule has 1 fully saturated rings. The largest absolute Gasteiger partial charge is 0.408 e. The number of aromatic nitrogens is 2. The number of nitriles is 1. The van der Waals surface area contributed by atoms with Gasteiger partial charge in [0, 0.05) is 19.3 Å². The average molecular weight is 445 g/mol. The Morgan fingerprint density at radius 2 is 2.09 bits per heavy atom. The number of anilines is 3. The highest BCUT2D eigenvalue weighted by atomic mass is 19.4. The lowest BCUT2D eigenvalue weighted by Crippen LogP contribution is -2.49. The maximum Gasteiger partial charge on any atom is 0.408 e. The fourth-order valence-electron chi connectivity index (χ4n) is 3.69. The summed E-state index contributed by atoms with van der Waals surface area (Å²) in [7, 11) is 0. The fourth-order valence-corrected chi connectivity index (χ4v) is 3.69. The lowest BCUT2D eigenvalue weighted by Gasteiger charge is -2.35. The summed E-state index contributed by atoms with van der Waals surface area (Å²) in [5, 5.41) is 13.5. The molecule has 0 saturated carbocycles. The van der Waals surface area contributed by atoms with Crippen LogP contribution in [0.25, 0.3) is 0 Å². The molecule has 4 heterocycles. The summed E-state index contributed by atoms with van der Waals surface area (Å²) in [4.78, 5) is 37.1. The molecule has 2 aromatic heterocycles. The normalized spacial score (nSPS) is 17.9. The average Bonchev–Trinajstić information content (AvgIpc) is 3.17. The van der Waals surface area contributed by atoms with Crippen molar-refractivity contribution in [1.29, 1.82) is 5.26 Å². The Morgan fingerprint density at radius 3 is 2.81 bits per heavy atom. The van der Waals surface area contributed by atoms with Gasteiger partial charge in [-0.2, -0.15) is 18.4 Å². The predicted octanol–water partition coefficient (Wildman–Crippen LogP) is 2.66. The van der Waals surface area contributed by atoms with Gasteiger partial charge in [-0.1, -0.05) is 0 Å². The zero-order valence-corrected chi connectivity index (χ0v) is 16.8. The number of rotatable bonds is 3. The highest BCUT2D eigenvalue weighted by Gasteiger charge is 2.41. The van der Waals surface area contributed by atoms with E-state index in [0.29, 0.717) is 30.8 Å². The number of alkyl halides is 3. The molecule has 1 unspecified atom stereocenters. The molecule has 166 valence electrons. The van der Waals surface area contributed by atoms with Gasteiger partial charge in [0.05, 0.1) is 23.4 Å². The number of pyridine rings is 2. The van der Waals surface area contributed by atoms with Gasteiger partial charge >= 0.3 is 12.2 Å². The van der Waals surface area contributed by atoms with E-state index in [1.807, 2.05) is 16.3 Å². The van der Waals surface area contributed by atoms with E-state index in [2.05, 4.69) is 15.3 Å². The quantitative estimate of drug-likeness (QED) is 0.751. The summed E-state index contributed by atoms with van der Waals surface area (Å²) in [6, 6.07) is 4.94. The number of carbonyl (C=O) groups is 2. The highest BCUT2D eigenvalue weighted by molar-refractivity contribution is 6.05. The Hall–Kier alpha value is -3.88. The van der Waals surface area contributed by atoms with Crippen LogP contribution in [0.2, 0.25) is 0 Å². The van der Waals surface area contributed by atoms with Gasteiger partial charge in [0.1, 0.15) is 17.6 Å². The Balaban J connectivity index is 1.63. The number of nitrogens with zero attached hydrogens (tertiary/aromatic N) is 5. The van der Waals surface area contributed by atoms with Crippen LogP contribution in [-0.2, 0) is 0 Å². The molecule has 2 aliphatic heterocycles. The van der Waals surface area contributed by atoms with Crippen molar-refractivity contribution in [3.05, 3.63) is 41.7 Å². The standard InChI is InChI=1S/C20H18F3N7O2/c1-11(20(21,22)23)26-18(31)14-2-3-15-17(27-14)30(13-5-7-29(15)10-13)19(32)28-16-8-12(9-24)4-6-25-16/h2-4,6,8,11,13H,5,7,10H2,1H3,(H,26,31)(H,25,28,32)/t11?,13-/m0/s1. The van der Waals surface area contributed by atoms with E-state index in [4.69, 9.17) is 5.26 Å². The summed E-state index contributed by atoms with van der Waals surface area (Å²) in [5.41, 5.74) is 0.690. The van der Waals surface area contributed by atoms with Gasteiger partial charge in [0.25, 0.3) is 5.91 Å². The summed E-state index contributed by atoms with van der Waals surface area (Å²) < 4.78 is 38.4. The van der Waals surface area contributed by atoms with Crippen LogP contribution in [0, 0.1) is 11.3 Å². The molecule has 2 bridgehead atoms. The van der Waals surface area contributed by atoms with E-state index in [1.54, 1.807) is 6.07 Å². The first-order valence-corrected chi connectivity index (χ1v) is 9.77. The van der Waals surface area contributed by atoms with Crippen LogP contribution in [-0.4, -0.2) is 53.3 Å². The first kappa shape index (κ1) is 21.4. The van der Waals surface area contributed by atoms with Crippen molar-refractivity contribution in [3.8, 4) is 6.07 Å². The molecule has 2 atom stereocenters. The number of nitrogens with one attached hydrogen (secondary N) is 2. The minimum absolute atomic E-state index is 0.170. The molecule has 0 spiro atoms. The van der Waals surface area contributed by atoms with Gasteiger partial charge in [0.2, 0.25) is 0 Å². The van der Waals surface area contributed by atoms with E-state index in [1.165, 1.54) is 29.3 Å². The van der Waals surface area contributed by atoms with E-state index < -0.39 is 24.2 Å². The molecule has 0 radical (unpaired) electrons. The number of hydrogen-bond donors (Lipinski definition) is 2. The first-order valence-electron chi connectivity index (χ1n) is 9.77. The number of fused-ring (bicyclic) bond motifs is 4. The second-order valence-electron chi connectivity index (χ2n) is 7.51. The number of amides is 3. The van der Waals surface area contributed by atoms with Crippen LogP contribution in [0.15, 0.2) is 30.5 Å². The predicted molar refractivity (Wildman–Crippen MR) is 108 cm³/mol. The Bertz CT molecular complexity index is 1120. The molecule has 12 heteroatoms. The second kappa shape index (κ2) is 7.99. The molecular formula is C20H18F3N7O2. The van der Waals surface area contributed by atoms with Crippen LogP contribution < -0.4 is 20.4 Å². The minimum Gasteiger partial charge on any atom is -0.366 e. The van der Waals surface area contributed by atoms with Crippen LogP contribution >= 0.6 is 0 Å². The van der Waals surface area contributed by atoms with Crippen LogP contribution in [0.5, 0.6) is 0 Å². The van der Waals surface area contributed by atoms with Crippen molar-refractivity contribution in [1.82, 2.24) is 15.3 Å². The topological polar surface area (TPSA) is 114 Å². The number of urea groups is 1. The minimum atomic E-state index is -4.59. The van der Waals surface area contributed by atoms with E-state index in [-0.39, 0.29) is 23.4 Å². The number of carbonyl (C=O) groups excluding carboxylic acids is 2. The van der Waals surface area contributed by atoms with Crippen molar-refractivity contribution >= 4 is 29.3 Å². The summed E-state index contributed by atoms with van der Waals surface area (Å²) in [6.45, 7) is 2.07. The molecule has 2 aromatic rings. The summed E-state index contributed by atoms with van der Waals surface area (Å²) in [6.07, 6.45) is -2.55. The summed E-state index contributed by atoms with van der Waals surface area (Å²) in [5.74, 6) is -0.641. The Morgan fingerprint density at radius 1 is 1.31 bits per heavy atom. The molecule has 0 aromatic carbocycles. The lowest BCUT2D eigenvalue weighted by atomic mass is 10.1. The second-order valence-corrected chi connectivity index (χ2v) is 7.51. The number of halogens is 3. The van der Waals surface area contributed by atoms with Gasteiger partial charge in [-0.3, -0.25) is 15.0 Å².